The number of hydrogen-bond acceptors (Lipinski definition) is 1. The lowest BCUT2D eigenvalue weighted by Crippen LogP contribution is -2.69. The van der Waals surface area contributed by atoms with Crippen LogP contribution in [0.15, 0.2) is 0 Å². The lowest BCUT2D eigenvalue weighted by atomic mass is 9.57. The van der Waals surface area contributed by atoms with Gasteiger partial charge in [0.1, 0.15) is 0 Å². The van der Waals surface area contributed by atoms with Crippen molar-refractivity contribution in [2.24, 2.45) is 22.2 Å². The third kappa shape index (κ3) is 3.65. The average Bonchev–Trinajstić information content (AvgIpc) is 2.24. The molecule has 2 saturated heterocycles. The Morgan fingerprint density at radius 3 is 1.70 bits per heavy atom. The molecule has 2 fully saturated rings. The highest BCUT2D eigenvalue weighted by Crippen LogP contribution is 2.59. The lowest BCUT2D eigenvalue weighted by molar-refractivity contribution is -0.120. The zero-order valence-corrected chi connectivity index (χ0v) is 17.9. The van der Waals surface area contributed by atoms with Gasteiger partial charge in [0, 0.05) is 17.1 Å². The fourth-order valence-electron chi connectivity index (χ4n) is 7.07. The smallest absolute Gasteiger partial charge is 0.0176 e. The van der Waals surface area contributed by atoms with Gasteiger partial charge in [0.2, 0.25) is 0 Å². The molecule has 2 aliphatic rings. The summed E-state index contributed by atoms with van der Waals surface area (Å²) in [5.74, 6) is 0.769. The molecule has 0 aromatic rings. The molecule has 0 amide bonds. The van der Waals surface area contributed by atoms with E-state index < -0.39 is 0 Å². The monoisotopic (exact) mass is 321 g/mol. The minimum Gasteiger partial charge on any atom is -0.290 e. The van der Waals surface area contributed by atoms with Crippen LogP contribution >= 0.6 is 0 Å². The summed E-state index contributed by atoms with van der Waals surface area (Å²) in [6.45, 7) is 27.3. The van der Waals surface area contributed by atoms with Crippen molar-refractivity contribution in [1.29, 1.82) is 0 Å². The maximum absolute atomic E-state index is 2.86. The van der Waals surface area contributed by atoms with Crippen LogP contribution in [0.2, 0.25) is 0 Å². The van der Waals surface area contributed by atoms with Crippen LogP contribution in [0.4, 0.5) is 0 Å². The molecule has 0 aromatic carbocycles. The maximum atomic E-state index is 2.86. The van der Waals surface area contributed by atoms with Crippen molar-refractivity contribution in [3.63, 3.8) is 0 Å². The fourth-order valence-corrected chi connectivity index (χ4v) is 7.07. The Labute approximate surface area is 146 Å². The number of nitrogens with zero attached hydrogens (tertiary/aromatic N) is 1. The molecule has 23 heavy (non-hydrogen) atoms. The van der Waals surface area contributed by atoms with Crippen molar-refractivity contribution in [2.45, 2.75) is 119 Å². The van der Waals surface area contributed by atoms with Gasteiger partial charge in [0.05, 0.1) is 0 Å². The molecule has 1 nitrogen and oxygen atoms in total. The fraction of sp³-hybridized carbons (Fsp3) is 1.00. The highest BCUT2D eigenvalue weighted by atomic mass is 15.3. The lowest BCUT2D eigenvalue weighted by Gasteiger charge is -2.62. The van der Waals surface area contributed by atoms with Gasteiger partial charge in [-0.3, -0.25) is 4.90 Å². The second kappa shape index (κ2) is 5.23. The normalized spacial score (nSPS) is 33.5. The molecule has 0 aromatic heterocycles. The van der Waals surface area contributed by atoms with Crippen molar-refractivity contribution < 1.29 is 0 Å². The Kier molecular flexibility index (Phi) is 4.38. The standard InChI is InChI=1S/C22H43N/c1-18(2,3)15-20(6,7)17-14-22(10,11)23-16(12-19(17,4)5)13-21(23,8)9/h16-17H,12-15H2,1-11H3. The van der Waals surface area contributed by atoms with E-state index in [9.17, 15) is 0 Å². The van der Waals surface area contributed by atoms with E-state index in [4.69, 9.17) is 0 Å². The van der Waals surface area contributed by atoms with E-state index in [-0.39, 0.29) is 0 Å². The second-order valence-corrected chi connectivity index (χ2v) is 12.5. The predicted molar refractivity (Wildman–Crippen MR) is 103 cm³/mol. The van der Waals surface area contributed by atoms with Crippen LogP contribution in [-0.2, 0) is 0 Å². The molecule has 0 N–H and O–H groups in total. The van der Waals surface area contributed by atoms with E-state index in [0.29, 0.717) is 27.3 Å². The highest BCUT2D eigenvalue weighted by molar-refractivity contribution is 5.12. The van der Waals surface area contributed by atoms with Crippen molar-refractivity contribution in [1.82, 2.24) is 4.90 Å². The van der Waals surface area contributed by atoms with Crippen LogP contribution < -0.4 is 0 Å². The summed E-state index contributed by atoms with van der Waals surface area (Å²) in [7, 11) is 0. The number of hydrogen-bond donors (Lipinski definition) is 0. The zero-order chi connectivity index (χ0) is 18.1. The molecule has 2 atom stereocenters. The van der Waals surface area contributed by atoms with E-state index in [2.05, 4.69) is 81.1 Å². The van der Waals surface area contributed by atoms with Gasteiger partial charge in [-0.15, -0.1) is 0 Å². The SMILES string of the molecule is CC(C)(C)CC(C)(C)C1CC(C)(C)N2C(CC1(C)C)CC2(C)C. The first kappa shape index (κ1) is 19.3. The molecule has 0 bridgehead atoms. The molecule has 136 valence electrons. The quantitative estimate of drug-likeness (QED) is 0.560. The molecule has 2 rings (SSSR count). The van der Waals surface area contributed by atoms with Crippen molar-refractivity contribution >= 4 is 0 Å². The summed E-state index contributed by atoms with van der Waals surface area (Å²) >= 11 is 0. The number of fused-ring (bicyclic) bond motifs is 1. The van der Waals surface area contributed by atoms with Crippen LogP contribution in [-0.4, -0.2) is 22.0 Å². The third-order valence-electron chi connectivity index (χ3n) is 6.74. The average molecular weight is 322 g/mol. The minimum atomic E-state index is 0.306. The van der Waals surface area contributed by atoms with Gasteiger partial charge in [-0.25, -0.2) is 0 Å². The summed E-state index contributed by atoms with van der Waals surface area (Å²) in [6.07, 6.45) is 5.35. The van der Waals surface area contributed by atoms with Crippen LogP contribution in [0.25, 0.3) is 0 Å². The van der Waals surface area contributed by atoms with Crippen LogP contribution in [0.3, 0.4) is 0 Å². The molecule has 0 saturated carbocycles. The molecule has 0 aliphatic carbocycles. The van der Waals surface area contributed by atoms with E-state index in [1.165, 1.54) is 25.7 Å². The summed E-state index contributed by atoms with van der Waals surface area (Å²) in [5, 5.41) is 0. The first-order valence-electron chi connectivity index (χ1n) is 9.78. The Morgan fingerprint density at radius 1 is 0.783 bits per heavy atom. The molecule has 2 unspecified atom stereocenters. The Bertz CT molecular complexity index is 447. The van der Waals surface area contributed by atoms with Crippen LogP contribution in [0, 0.1) is 22.2 Å². The van der Waals surface area contributed by atoms with E-state index in [1.54, 1.807) is 0 Å². The summed E-state index contributed by atoms with van der Waals surface area (Å²) in [4.78, 5) is 2.86. The van der Waals surface area contributed by atoms with Gasteiger partial charge in [0.25, 0.3) is 0 Å². The molecule has 1 heteroatoms. The summed E-state index contributed by atoms with van der Waals surface area (Å²) in [5.41, 5.74) is 1.89. The maximum Gasteiger partial charge on any atom is 0.0176 e. The minimum absolute atomic E-state index is 0.306. The van der Waals surface area contributed by atoms with Crippen molar-refractivity contribution in [3.05, 3.63) is 0 Å². The second-order valence-electron chi connectivity index (χ2n) is 12.5. The van der Waals surface area contributed by atoms with Crippen LogP contribution in [0.5, 0.6) is 0 Å². The molecular weight excluding hydrogens is 278 g/mol. The van der Waals surface area contributed by atoms with Crippen molar-refractivity contribution in [2.75, 3.05) is 0 Å². The summed E-state index contributed by atoms with van der Waals surface area (Å²) in [6, 6.07) is 0.783. The van der Waals surface area contributed by atoms with Gasteiger partial charge in [-0.2, -0.15) is 0 Å². The molecule has 0 radical (unpaired) electrons. The number of rotatable bonds is 2. The van der Waals surface area contributed by atoms with Gasteiger partial charge < -0.3 is 0 Å². The molecule has 0 spiro atoms. The third-order valence-corrected chi connectivity index (χ3v) is 6.74. The molecule has 2 heterocycles. The van der Waals surface area contributed by atoms with Crippen LogP contribution in [0.1, 0.15) is 102 Å². The van der Waals surface area contributed by atoms with E-state index in [1.807, 2.05) is 0 Å². The van der Waals surface area contributed by atoms with E-state index in [0.717, 1.165) is 12.0 Å². The van der Waals surface area contributed by atoms with E-state index >= 15 is 0 Å². The first-order valence-corrected chi connectivity index (χ1v) is 9.78. The topological polar surface area (TPSA) is 3.24 Å². The largest absolute Gasteiger partial charge is 0.290 e. The van der Waals surface area contributed by atoms with Crippen molar-refractivity contribution in [3.8, 4) is 0 Å². The first-order chi connectivity index (χ1) is 9.98. The van der Waals surface area contributed by atoms with Gasteiger partial charge in [-0.1, -0.05) is 48.5 Å². The Hall–Kier alpha value is -0.0400. The van der Waals surface area contributed by atoms with Gasteiger partial charge in [0.15, 0.2) is 0 Å². The molecular formula is C22H43N. The van der Waals surface area contributed by atoms with Gasteiger partial charge >= 0.3 is 0 Å². The molecule has 2 aliphatic heterocycles. The Morgan fingerprint density at radius 2 is 1.26 bits per heavy atom. The zero-order valence-electron chi connectivity index (χ0n) is 17.9. The van der Waals surface area contributed by atoms with Gasteiger partial charge in [-0.05, 0) is 75.5 Å². The summed E-state index contributed by atoms with van der Waals surface area (Å²) < 4.78 is 0. The Balaban J connectivity index is 2.37. The predicted octanol–water partition coefficient (Wildman–Crippen LogP) is 6.52. The highest BCUT2D eigenvalue weighted by Gasteiger charge is 2.58.